The Labute approximate surface area is 111 Å². The first kappa shape index (κ1) is 10.6. The van der Waals surface area contributed by atoms with Crippen molar-refractivity contribution in [3.8, 4) is 17.2 Å². The van der Waals surface area contributed by atoms with Crippen LogP contribution in [0.2, 0.25) is 0 Å². The Morgan fingerprint density at radius 2 is 1.95 bits per heavy atom. The van der Waals surface area contributed by atoms with Crippen molar-refractivity contribution in [2.45, 2.75) is 0 Å². The molecule has 2 heterocycles. The van der Waals surface area contributed by atoms with Crippen LogP contribution in [0, 0.1) is 0 Å². The highest BCUT2D eigenvalue weighted by molar-refractivity contribution is 5.80. The lowest BCUT2D eigenvalue weighted by atomic mass is 10.1. The number of benzene rings is 2. The topological polar surface area (TPSA) is 33.7 Å². The van der Waals surface area contributed by atoms with Gasteiger partial charge in [-0.2, -0.15) is 0 Å². The van der Waals surface area contributed by atoms with Gasteiger partial charge < -0.3 is 19.7 Å². The number of anilines is 3. The van der Waals surface area contributed by atoms with Crippen LogP contribution in [0.15, 0.2) is 36.4 Å². The van der Waals surface area contributed by atoms with Gasteiger partial charge in [-0.05, 0) is 12.1 Å². The minimum Gasteiger partial charge on any atom is -0.489 e. The van der Waals surface area contributed by atoms with E-state index >= 15 is 0 Å². The molecular formula is C15H14N2O2. The van der Waals surface area contributed by atoms with Crippen molar-refractivity contribution in [3.05, 3.63) is 36.4 Å². The van der Waals surface area contributed by atoms with Gasteiger partial charge in [0.2, 0.25) is 0 Å². The lowest BCUT2D eigenvalue weighted by molar-refractivity contribution is 0.311. The quantitative estimate of drug-likeness (QED) is 0.667. The number of ether oxygens (including phenoxy) is 2. The smallest absolute Gasteiger partial charge is 0.153 e. The molecule has 0 aliphatic carbocycles. The summed E-state index contributed by atoms with van der Waals surface area (Å²) in [5.41, 5.74) is 3.01. The fourth-order valence-electron chi connectivity index (χ4n) is 2.48. The molecule has 4 nitrogen and oxygen atoms in total. The maximum Gasteiger partial charge on any atom is 0.153 e. The fraction of sp³-hybridized carbons (Fsp3) is 0.200. The number of likely N-dealkylation sites (N-methyl/N-ethyl adjacent to an activating group) is 1. The average Bonchev–Trinajstić information content (AvgIpc) is 2.44. The second-order valence-electron chi connectivity index (χ2n) is 4.81. The zero-order chi connectivity index (χ0) is 12.8. The van der Waals surface area contributed by atoms with Crippen LogP contribution in [0.4, 0.5) is 17.1 Å². The molecule has 2 aromatic carbocycles. The third-order valence-corrected chi connectivity index (χ3v) is 3.53. The van der Waals surface area contributed by atoms with Crippen LogP contribution in [-0.4, -0.2) is 20.2 Å². The van der Waals surface area contributed by atoms with Crippen LogP contribution < -0.4 is 19.7 Å². The van der Waals surface area contributed by atoms with Gasteiger partial charge in [-0.3, -0.25) is 0 Å². The minimum absolute atomic E-state index is 0.722. The molecule has 2 aliphatic rings. The normalized spacial score (nSPS) is 15.3. The summed E-state index contributed by atoms with van der Waals surface area (Å²) in [6, 6.07) is 12.0. The van der Waals surface area contributed by atoms with Gasteiger partial charge in [-0.15, -0.1) is 0 Å². The molecule has 4 rings (SSSR count). The molecule has 0 saturated carbocycles. The van der Waals surface area contributed by atoms with Crippen LogP contribution in [0.1, 0.15) is 0 Å². The Morgan fingerprint density at radius 3 is 2.89 bits per heavy atom. The lowest BCUT2D eigenvalue weighted by Gasteiger charge is -2.30. The number of nitrogens with zero attached hydrogens (tertiary/aromatic N) is 1. The number of nitrogens with one attached hydrogen (secondary N) is 1. The number of hydrogen-bond donors (Lipinski definition) is 1. The number of para-hydroxylation sites is 2. The first-order valence-corrected chi connectivity index (χ1v) is 6.37. The van der Waals surface area contributed by atoms with E-state index < -0.39 is 0 Å². The van der Waals surface area contributed by atoms with Crippen molar-refractivity contribution >= 4 is 17.1 Å². The van der Waals surface area contributed by atoms with Crippen molar-refractivity contribution in [2.24, 2.45) is 0 Å². The SMILES string of the molecule is CN1CCOc2cc3c(cc21)Oc1ccccc1N3. The van der Waals surface area contributed by atoms with Crippen molar-refractivity contribution in [3.63, 3.8) is 0 Å². The van der Waals surface area contributed by atoms with Crippen molar-refractivity contribution in [1.82, 2.24) is 0 Å². The molecular weight excluding hydrogens is 240 g/mol. The monoisotopic (exact) mass is 254 g/mol. The number of rotatable bonds is 0. The van der Waals surface area contributed by atoms with E-state index in [4.69, 9.17) is 9.47 Å². The van der Waals surface area contributed by atoms with E-state index in [1.165, 1.54) is 0 Å². The maximum absolute atomic E-state index is 5.95. The van der Waals surface area contributed by atoms with E-state index in [0.717, 1.165) is 47.5 Å². The Hall–Kier alpha value is -2.36. The van der Waals surface area contributed by atoms with Gasteiger partial charge in [0.05, 0.1) is 23.6 Å². The second-order valence-corrected chi connectivity index (χ2v) is 4.81. The van der Waals surface area contributed by atoms with Crippen LogP contribution in [-0.2, 0) is 0 Å². The van der Waals surface area contributed by atoms with Gasteiger partial charge >= 0.3 is 0 Å². The van der Waals surface area contributed by atoms with E-state index in [0.29, 0.717) is 0 Å². The number of hydrogen-bond acceptors (Lipinski definition) is 4. The third-order valence-electron chi connectivity index (χ3n) is 3.53. The van der Waals surface area contributed by atoms with E-state index in [1.54, 1.807) is 0 Å². The Morgan fingerprint density at radius 1 is 1.05 bits per heavy atom. The zero-order valence-electron chi connectivity index (χ0n) is 10.6. The highest BCUT2D eigenvalue weighted by atomic mass is 16.5. The molecule has 0 atom stereocenters. The molecule has 0 spiro atoms. The van der Waals surface area contributed by atoms with Gasteiger partial charge in [-0.25, -0.2) is 0 Å². The van der Waals surface area contributed by atoms with E-state index in [-0.39, 0.29) is 0 Å². The highest BCUT2D eigenvalue weighted by Crippen LogP contribution is 2.47. The largest absolute Gasteiger partial charge is 0.489 e. The van der Waals surface area contributed by atoms with Crippen molar-refractivity contribution in [1.29, 1.82) is 0 Å². The Bertz CT molecular complexity index is 655. The Kier molecular flexibility index (Phi) is 2.12. The van der Waals surface area contributed by atoms with Crippen LogP contribution in [0.3, 0.4) is 0 Å². The molecule has 19 heavy (non-hydrogen) atoms. The molecule has 0 radical (unpaired) electrons. The molecule has 0 unspecified atom stereocenters. The highest BCUT2D eigenvalue weighted by Gasteiger charge is 2.22. The summed E-state index contributed by atoms with van der Waals surface area (Å²) in [5, 5.41) is 3.38. The molecule has 4 heteroatoms. The van der Waals surface area contributed by atoms with E-state index in [2.05, 4.69) is 17.3 Å². The zero-order valence-corrected chi connectivity index (χ0v) is 10.6. The summed E-state index contributed by atoms with van der Waals surface area (Å²) >= 11 is 0. The molecule has 0 amide bonds. The molecule has 0 saturated heterocycles. The maximum atomic E-state index is 5.95. The predicted octanol–water partition coefficient (Wildman–Crippen LogP) is 3.36. The molecule has 0 bridgehead atoms. The van der Waals surface area contributed by atoms with Crippen LogP contribution in [0.25, 0.3) is 0 Å². The van der Waals surface area contributed by atoms with E-state index in [1.807, 2.05) is 36.4 Å². The van der Waals surface area contributed by atoms with Crippen molar-refractivity contribution in [2.75, 3.05) is 30.4 Å². The first-order valence-electron chi connectivity index (χ1n) is 6.37. The molecule has 96 valence electrons. The standard InChI is InChI=1S/C15H14N2O2/c1-17-6-7-18-15-8-11-14(9-12(15)17)19-13-5-3-2-4-10(13)16-11/h2-5,8-9,16H,6-7H2,1H3. The molecule has 1 N–H and O–H groups in total. The molecule has 0 aromatic heterocycles. The third kappa shape index (κ3) is 1.60. The first-order chi connectivity index (χ1) is 9.31. The Balaban J connectivity index is 1.82. The minimum atomic E-state index is 0.722. The van der Waals surface area contributed by atoms with Gasteiger partial charge in [0.15, 0.2) is 11.5 Å². The van der Waals surface area contributed by atoms with Gasteiger partial charge in [0.1, 0.15) is 12.4 Å². The summed E-state index contributed by atoms with van der Waals surface area (Å²) in [7, 11) is 2.07. The van der Waals surface area contributed by atoms with E-state index in [9.17, 15) is 0 Å². The van der Waals surface area contributed by atoms with Crippen LogP contribution in [0.5, 0.6) is 17.2 Å². The van der Waals surface area contributed by atoms with Gasteiger partial charge in [-0.1, -0.05) is 12.1 Å². The summed E-state index contributed by atoms with van der Waals surface area (Å²) in [6.45, 7) is 1.62. The summed E-state index contributed by atoms with van der Waals surface area (Å²) in [4.78, 5) is 2.18. The number of fused-ring (bicyclic) bond motifs is 3. The second kappa shape index (κ2) is 3.82. The molecule has 2 aromatic rings. The van der Waals surface area contributed by atoms with Gasteiger partial charge in [0, 0.05) is 19.2 Å². The van der Waals surface area contributed by atoms with Gasteiger partial charge in [0.25, 0.3) is 0 Å². The predicted molar refractivity (Wildman–Crippen MR) is 75.0 cm³/mol. The lowest BCUT2D eigenvalue weighted by Crippen LogP contribution is -2.28. The van der Waals surface area contributed by atoms with Crippen molar-refractivity contribution < 1.29 is 9.47 Å². The average molecular weight is 254 g/mol. The summed E-state index contributed by atoms with van der Waals surface area (Å²) < 4.78 is 11.7. The fourth-order valence-corrected chi connectivity index (χ4v) is 2.48. The molecule has 2 aliphatic heterocycles. The van der Waals surface area contributed by atoms with Crippen LogP contribution >= 0.6 is 0 Å². The summed E-state index contributed by atoms with van der Waals surface area (Å²) in [5.74, 6) is 2.60. The molecule has 0 fully saturated rings. The summed E-state index contributed by atoms with van der Waals surface area (Å²) in [6.07, 6.45) is 0.